The van der Waals surface area contributed by atoms with E-state index < -0.39 is 4.30 Å². The monoisotopic (exact) mass is 330 g/mol. The van der Waals surface area contributed by atoms with Gasteiger partial charge in [-0.3, -0.25) is 10.7 Å². The van der Waals surface area contributed by atoms with Crippen molar-refractivity contribution in [2.75, 3.05) is 0 Å². The number of halogens is 3. The zero-order valence-electron chi connectivity index (χ0n) is 9.07. The molecule has 0 bridgehead atoms. The van der Waals surface area contributed by atoms with Crippen LogP contribution in [-0.2, 0) is 0 Å². The third kappa shape index (κ3) is 29.4. The van der Waals surface area contributed by atoms with Gasteiger partial charge in [-0.05, 0) is 12.1 Å². The Morgan fingerprint density at radius 1 is 1.33 bits per heavy atom. The molecule has 0 fully saturated rings. The maximum Gasteiger partial charge on any atom is 0.199 e. The zero-order valence-corrected chi connectivity index (χ0v) is 12.3. The molecular weight excluding hydrogens is 319 g/mol. The molecule has 102 valence electrons. The highest BCUT2D eigenvalue weighted by Crippen LogP contribution is 2.03. The first-order valence-electron chi connectivity index (χ1n) is 4.05. The predicted octanol–water partition coefficient (Wildman–Crippen LogP) is 2.44. The van der Waals surface area contributed by atoms with Crippen LogP contribution >= 0.6 is 48.3 Å². The molecule has 0 heterocycles. The number of nitriles is 1. The number of hydrogen-bond donors (Lipinski definition) is 4. The molecule has 9 heteroatoms. The Bertz CT molecular complexity index is 343. The Morgan fingerprint density at radius 2 is 1.72 bits per heavy atom. The average Bonchev–Trinajstić information content (AvgIpc) is 2.18. The molecule has 0 aromatic heterocycles. The van der Waals surface area contributed by atoms with Crippen LogP contribution < -0.4 is 11.1 Å². The summed E-state index contributed by atoms with van der Waals surface area (Å²) in [7, 11) is 0. The minimum atomic E-state index is -0.750. The second-order valence-corrected chi connectivity index (χ2v) is 4.21. The molecule has 0 saturated heterocycles. The topological polar surface area (TPSA) is 106 Å². The first-order chi connectivity index (χ1) is 7.90. The van der Waals surface area contributed by atoms with E-state index in [1.165, 1.54) is 6.19 Å². The number of phenolic OH excluding ortho intramolecular Hbond substituents is 1. The number of rotatable bonds is 0. The van der Waals surface area contributed by atoms with Crippen LogP contribution in [0.25, 0.3) is 0 Å². The molecule has 5 N–H and O–H groups in total. The van der Waals surface area contributed by atoms with Gasteiger partial charge < -0.3 is 10.8 Å². The highest BCUT2D eigenvalue weighted by molar-refractivity contribution is 7.59. The summed E-state index contributed by atoms with van der Waals surface area (Å²) >= 11 is 14.4. The molecule has 0 spiro atoms. The van der Waals surface area contributed by atoms with E-state index in [0.717, 1.165) is 0 Å². The minimum absolute atomic E-state index is 0. The second kappa shape index (κ2) is 16.0. The number of benzene rings is 1. The van der Waals surface area contributed by atoms with Crippen molar-refractivity contribution in [3.8, 4) is 11.9 Å². The summed E-state index contributed by atoms with van der Waals surface area (Å²) in [5, 5.41) is 24.5. The van der Waals surface area contributed by atoms with Gasteiger partial charge in [0.15, 0.2) is 16.4 Å². The van der Waals surface area contributed by atoms with Crippen molar-refractivity contribution in [3.63, 3.8) is 0 Å². The number of hydrogen-bond acceptors (Lipinski definition) is 3. The lowest BCUT2D eigenvalue weighted by Gasteiger charge is -1.82. The second-order valence-electron chi connectivity index (χ2n) is 2.23. The van der Waals surface area contributed by atoms with E-state index in [1.54, 1.807) is 24.3 Å². The summed E-state index contributed by atoms with van der Waals surface area (Å²) < 4.78 is -0.750. The van der Waals surface area contributed by atoms with Crippen molar-refractivity contribution in [1.29, 1.82) is 10.7 Å². The standard InChI is InChI=1S/C6H6O.C2H4N4.CHCl3.H2S/c7-6-4-2-1-3-5-6;3-1-6-2(4)5;2-1(3)4;/h1-5,7H;(H4,4,5,6);1H;1H2. The highest BCUT2D eigenvalue weighted by Gasteiger charge is 1.79. The van der Waals surface area contributed by atoms with Crippen LogP contribution in [0.2, 0.25) is 0 Å². The minimum Gasteiger partial charge on any atom is -0.508 e. The fraction of sp³-hybridized carbons (Fsp3) is 0.111. The third-order valence-electron chi connectivity index (χ3n) is 0.947. The molecule has 5 nitrogen and oxygen atoms in total. The molecule has 0 saturated carbocycles. The van der Waals surface area contributed by atoms with Gasteiger partial charge in [-0.1, -0.05) is 53.0 Å². The lowest BCUT2D eigenvalue weighted by atomic mass is 10.3. The largest absolute Gasteiger partial charge is 0.508 e. The number of alkyl halides is 3. The van der Waals surface area contributed by atoms with Gasteiger partial charge in [-0.15, -0.1) is 0 Å². The van der Waals surface area contributed by atoms with E-state index in [0.29, 0.717) is 5.75 Å². The summed E-state index contributed by atoms with van der Waals surface area (Å²) in [6.07, 6.45) is 1.47. The van der Waals surface area contributed by atoms with Crippen LogP contribution in [0.15, 0.2) is 30.3 Å². The third-order valence-corrected chi connectivity index (χ3v) is 0.947. The molecule has 0 radical (unpaired) electrons. The van der Waals surface area contributed by atoms with Gasteiger partial charge in [0.05, 0.1) is 0 Å². The Kier molecular flexibility index (Phi) is 19.7. The summed E-state index contributed by atoms with van der Waals surface area (Å²) in [4.78, 5) is 0. The first-order valence-corrected chi connectivity index (χ1v) is 5.36. The average molecular weight is 332 g/mol. The van der Waals surface area contributed by atoms with E-state index in [-0.39, 0.29) is 19.5 Å². The molecule has 18 heavy (non-hydrogen) atoms. The van der Waals surface area contributed by atoms with E-state index in [4.69, 9.17) is 50.6 Å². The van der Waals surface area contributed by atoms with E-state index in [9.17, 15) is 0 Å². The Hall–Kier alpha value is -1.00. The fourth-order valence-corrected chi connectivity index (χ4v) is 0.488. The molecule has 1 aromatic carbocycles. The fourth-order valence-electron chi connectivity index (χ4n) is 0.488. The first kappa shape index (κ1) is 22.2. The predicted molar refractivity (Wildman–Crippen MR) is 80.5 cm³/mol. The normalized spacial score (nSPS) is 7.28. The van der Waals surface area contributed by atoms with Crippen LogP contribution in [0.3, 0.4) is 0 Å². The number of guanidine groups is 1. The molecule has 1 rings (SSSR count). The smallest absolute Gasteiger partial charge is 0.199 e. The molecule has 0 aliphatic rings. The van der Waals surface area contributed by atoms with Crippen molar-refractivity contribution >= 4 is 54.3 Å². The van der Waals surface area contributed by atoms with Gasteiger partial charge in [-0.25, -0.2) is 0 Å². The van der Waals surface area contributed by atoms with E-state index >= 15 is 0 Å². The van der Waals surface area contributed by atoms with Gasteiger partial charge in [0.1, 0.15) is 5.75 Å². The van der Waals surface area contributed by atoms with Crippen LogP contribution in [0, 0.1) is 16.9 Å². The Morgan fingerprint density at radius 3 is 1.83 bits per heavy atom. The maximum absolute atomic E-state index is 8.63. The lowest BCUT2D eigenvalue weighted by Crippen LogP contribution is -2.25. The summed E-state index contributed by atoms with van der Waals surface area (Å²) in [5.41, 5.74) is 4.65. The summed E-state index contributed by atoms with van der Waals surface area (Å²) in [5.74, 6) is 0.000000000000000666. The van der Waals surface area contributed by atoms with E-state index in [2.05, 4.69) is 5.73 Å². The van der Waals surface area contributed by atoms with Crippen molar-refractivity contribution in [3.05, 3.63) is 30.3 Å². The van der Waals surface area contributed by atoms with Gasteiger partial charge in [-0.2, -0.15) is 18.8 Å². The SMILES string of the molecule is ClC(Cl)Cl.N#CNC(=N)N.Oc1ccccc1.S. The summed E-state index contributed by atoms with van der Waals surface area (Å²) in [6, 6.07) is 8.71. The Labute approximate surface area is 127 Å². The van der Waals surface area contributed by atoms with Crippen molar-refractivity contribution in [2.45, 2.75) is 4.30 Å². The molecular formula is C9H13Cl3N4OS. The van der Waals surface area contributed by atoms with Gasteiger partial charge in [0.2, 0.25) is 0 Å². The number of nitrogens with one attached hydrogen (secondary N) is 2. The van der Waals surface area contributed by atoms with Crippen molar-refractivity contribution in [1.82, 2.24) is 5.32 Å². The molecule has 0 atom stereocenters. The van der Waals surface area contributed by atoms with Crippen LogP contribution in [0.5, 0.6) is 5.75 Å². The van der Waals surface area contributed by atoms with Gasteiger partial charge in [0.25, 0.3) is 0 Å². The number of nitrogens with two attached hydrogens (primary N) is 1. The lowest BCUT2D eigenvalue weighted by molar-refractivity contribution is 0.475. The number of phenols is 1. The maximum atomic E-state index is 8.63. The van der Waals surface area contributed by atoms with Crippen molar-refractivity contribution < 1.29 is 5.11 Å². The van der Waals surface area contributed by atoms with Crippen molar-refractivity contribution in [2.24, 2.45) is 5.73 Å². The molecule has 0 unspecified atom stereocenters. The number of aromatic hydroxyl groups is 1. The molecule has 0 aliphatic carbocycles. The number of para-hydroxylation sites is 1. The highest BCUT2D eigenvalue weighted by atomic mass is 35.6. The Balaban J connectivity index is -0.000000190. The molecule has 1 aromatic rings. The molecule has 0 amide bonds. The quantitative estimate of drug-likeness (QED) is 0.193. The van der Waals surface area contributed by atoms with Crippen LogP contribution in [0.1, 0.15) is 0 Å². The van der Waals surface area contributed by atoms with Crippen LogP contribution in [0.4, 0.5) is 0 Å². The molecule has 0 aliphatic heterocycles. The zero-order chi connectivity index (χ0) is 13.7. The summed E-state index contributed by atoms with van der Waals surface area (Å²) in [6.45, 7) is 0. The van der Waals surface area contributed by atoms with Gasteiger partial charge in [0, 0.05) is 0 Å². The van der Waals surface area contributed by atoms with Crippen LogP contribution in [-0.4, -0.2) is 15.4 Å². The van der Waals surface area contributed by atoms with Gasteiger partial charge >= 0.3 is 0 Å². The van der Waals surface area contributed by atoms with E-state index in [1.807, 2.05) is 11.4 Å². The number of nitrogens with zero attached hydrogens (tertiary/aromatic N) is 1.